The van der Waals surface area contributed by atoms with E-state index < -0.39 is 0 Å². The topological polar surface area (TPSA) is 68.2 Å². The van der Waals surface area contributed by atoms with Crippen molar-refractivity contribution in [2.24, 2.45) is 0 Å². The van der Waals surface area contributed by atoms with E-state index in [4.69, 9.17) is 8.94 Å². The highest BCUT2D eigenvalue weighted by atomic mass is 16.5. The minimum atomic E-state index is 0.382. The van der Waals surface area contributed by atoms with Crippen molar-refractivity contribution in [3.63, 3.8) is 0 Å². The van der Waals surface area contributed by atoms with E-state index in [-0.39, 0.29) is 0 Å². The fourth-order valence-corrected chi connectivity index (χ4v) is 2.50. The van der Waals surface area contributed by atoms with Crippen LogP contribution < -0.4 is 0 Å². The van der Waals surface area contributed by atoms with E-state index in [1.807, 2.05) is 38.2 Å². The van der Waals surface area contributed by atoms with Crippen LogP contribution in [0.4, 0.5) is 0 Å². The van der Waals surface area contributed by atoms with Gasteiger partial charge in [0.2, 0.25) is 11.7 Å². The lowest BCUT2D eigenvalue weighted by atomic mass is 10.1. The van der Waals surface area contributed by atoms with Crippen LogP contribution in [0.3, 0.4) is 0 Å². The van der Waals surface area contributed by atoms with Gasteiger partial charge in [0.1, 0.15) is 17.2 Å². The van der Waals surface area contributed by atoms with Gasteiger partial charge >= 0.3 is 0 Å². The van der Waals surface area contributed by atoms with Crippen molar-refractivity contribution in [1.82, 2.24) is 20.0 Å². The first-order valence-corrected chi connectivity index (χ1v) is 8.10. The lowest BCUT2D eigenvalue weighted by molar-refractivity contribution is 0.257. The molecule has 6 heteroatoms. The molecule has 126 valence electrons. The number of hydrogen-bond acceptors (Lipinski definition) is 6. The molecular formula is C18H22N4O2. The molecule has 0 radical (unpaired) electrons. The summed E-state index contributed by atoms with van der Waals surface area (Å²) in [4.78, 5) is 10.8. The molecule has 0 aliphatic rings. The van der Waals surface area contributed by atoms with Gasteiger partial charge in [0, 0.05) is 12.1 Å². The molecule has 0 bridgehead atoms. The molecule has 6 nitrogen and oxygen atoms in total. The Labute approximate surface area is 141 Å². The summed E-state index contributed by atoms with van der Waals surface area (Å²) in [5.41, 5.74) is 0.719. The molecule has 0 amide bonds. The van der Waals surface area contributed by atoms with Crippen molar-refractivity contribution >= 4 is 0 Å². The van der Waals surface area contributed by atoms with E-state index in [9.17, 15) is 0 Å². The molecule has 0 spiro atoms. The number of hydrogen-bond donors (Lipinski definition) is 0. The molecule has 3 aromatic heterocycles. The molecule has 24 heavy (non-hydrogen) atoms. The van der Waals surface area contributed by atoms with Crippen LogP contribution >= 0.6 is 0 Å². The highest BCUT2D eigenvalue weighted by molar-refractivity contribution is 5.46. The summed E-state index contributed by atoms with van der Waals surface area (Å²) < 4.78 is 11.0. The zero-order valence-electron chi connectivity index (χ0n) is 14.3. The summed E-state index contributed by atoms with van der Waals surface area (Å²) >= 11 is 0. The first kappa shape index (κ1) is 16.4. The lowest BCUT2D eigenvalue weighted by Gasteiger charge is -2.16. The molecule has 0 unspecified atom stereocenters. The number of aromatic nitrogens is 3. The van der Waals surface area contributed by atoms with Crippen molar-refractivity contribution in [2.45, 2.75) is 32.7 Å². The van der Waals surface area contributed by atoms with Crippen LogP contribution in [0, 0.1) is 6.92 Å². The van der Waals surface area contributed by atoms with Crippen LogP contribution in [-0.2, 0) is 6.54 Å². The van der Waals surface area contributed by atoms with Crippen LogP contribution in [-0.4, -0.2) is 33.6 Å². The van der Waals surface area contributed by atoms with Crippen molar-refractivity contribution in [2.75, 3.05) is 13.6 Å². The Morgan fingerprint density at radius 3 is 2.79 bits per heavy atom. The van der Waals surface area contributed by atoms with Gasteiger partial charge in [0.25, 0.3) is 0 Å². The molecule has 0 aliphatic heterocycles. The van der Waals surface area contributed by atoms with E-state index >= 15 is 0 Å². The molecule has 3 heterocycles. The summed E-state index contributed by atoms with van der Waals surface area (Å²) in [6.07, 6.45) is 2.72. The van der Waals surface area contributed by atoms with Crippen LogP contribution in [0.1, 0.15) is 36.7 Å². The maximum atomic E-state index is 5.68. The second-order valence-electron chi connectivity index (χ2n) is 6.10. The van der Waals surface area contributed by atoms with Crippen LogP contribution in [0.2, 0.25) is 0 Å². The Hall–Kier alpha value is -2.47. The van der Waals surface area contributed by atoms with Crippen LogP contribution in [0.15, 0.2) is 45.5 Å². The Morgan fingerprint density at radius 1 is 1.21 bits per heavy atom. The Bertz CT molecular complexity index is 766. The maximum Gasteiger partial charge on any atom is 0.241 e. The summed E-state index contributed by atoms with van der Waals surface area (Å²) in [6, 6.07) is 9.69. The fourth-order valence-electron chi connectivity index (χ4n) is 2.50. The highest BCUT2D eigenvalue weighted by Gasteiger charge is 2.14. The monoisotopic (exact) mass is 326 g/mol. The standard InChI is InChI=1S/C18H22N4O2/c1-13(16-8-7-14(2)23-16)9-11-22(3)12-17-20-18(21-24-17)15-6-4-5-10-19-15/h4-8,10,13H,9,11-12H2,1-3H3/t13-/m0/s1. The quantitative estimate of drug-likeness (QED) is 0.660. The van der Waals surface area contributed by atoms with Gasteiger partial charge in [-0.05, 0) is 51.2 Å². The van der Waals surface area contributed by atoms with Crippen molar-refractivity contribution in [3.8, 4) is 11.5 Å². The van der Waals surface area contributed by atoms with Gasteiger partial charge < -0.3 is 8.94 Å². The van der Waals surface area contributed by atoms with Crippen molar-refractivity contribution in [1.29, 1.82) is 0 Å². The molecule has 3 aromatic rings. The van der Waals surface area contributed by atoms with Gasteiger partial charge in [-0.25, -0.2) is 0 Å². The smallest absolute Gasteiger partial charge is 0.241 e. The lowest BCUT2D eigenvalue weighted by Crippen LogP contribution is -2.20. The molecule has 0 N–H and O–H groups in total. The first-order chi connectivity index (χ1) is 11.6. The second kappa shape index (κ2) is 7.40. The third-order valence-electron chi connectivity index (χ3n) is 3.96. The summed E-state index contributed by atoms with van der Waals surface area (Å²) in [6.45, 7) is 5.68. The summed E-state index contributed by atoms with van der Waals surface area (Å²) in [7, 11) is 2.05. The number of aryl methyl sites for hydroxylation is 1. The Morgan fingerprint density at radius 2 is 2.08 bits per heavy atom. The van der Waals surface area contributed by atoms with Crippen LogP contribution in [0.25, 0.3) is 11.5 Å². The third kappa shape index (κ3) is 4.08. The predicted molar refractivity (Wildman–Crippen MR) is 90.3 cm³/mol. The third-order valence-corrected chi connectivity index (χ3v) is 3.96. The van der Waals surface area contributed by atoms with Gasteiger partial charge in [0.05, 0.1) is 6.54 Å². The zero-order valence-corrected chi connectivity index (χ0v) is 14.3. The number of rotatable bonds is 7. The summed E-state index contributed by atoms with van der Waals surface area (Å²) in [5, 5.41) is 3.99. The fraction of sp³-hybridized carbons (Fsp3) is 0.389. The zero-order chi connectivity index (χ0) is 16.9. The Kier molecular flexibility index (Phi) is 5.05. The van der Waals surface area contributed by atoms with Crippen molar-refractivity contribution < 1.29 is 8.94 Å². The summed E-state index contributed by atoms with van der Waals surface area (Å²) in [5.74, 6) is 3.50. The minimum Gasteiger partial charge on any atom is -0.466 e. The molecule has 0 aromatic carbocycles. The maximum absolute atomic E-state index is 5.68. The average molecular weight is 326 g/mol. The number of furan rings is 1. The molecule has 0 aliphatic carbocycles. The van der Waals surface area contributed by atoms with E-state index in [1.165, 1.54) is 0 Å². The molecule has 1 atom stereocenters. The first-order valence-electron chi connectivity index (χ1n) is 8.10. The molecule has 0 fully saturated rings. The average Bonchev–Trinajstić information content (AvgIpc) is 3.23. The van der Waals surface area contributed by atoms with E-state index in [2.05, 4.69) is 33.0 Å². The van der Waals surface area contributed by atoms with Gasteiger partial charge in [-0.15, -0.1) is 0 Å². The second-order valence-corrected chi connectivity index (χ2v) is 6.10. The largest absolute Gasteiger partial charge is 0.466 e. The van der Waals surface area contributed by atoms with Crippen molar-refractivity contribution in [3.05, 3.63) is 53.9 Å². The molecule has 0 saturated heterocycles. The SMILES string of the molecule is Cc1ccc([C@@H](C)CCN(C)Cc2nc(-c3ccccn3)no2)o1. The van der Waals surface area contributed by atoms with E-state index in [0.29, 0.717) is 24.2 Å². The number of nitrogens with zero attached hydrogens (tertiary/aromatic N) is 4. The Balaban J connectivity index is 1.52. The van der Waals surface area contributed by atoms with Gasteiger partial charge in [-0.2, -0.15) is 4.98 Å². The van der Waals surface area contributed by atoms with Gasteiger partial charge in [0.15, 0.2) is 0 Å². The normalized spacial score (nSPS) is 12.7. The van der Waals surface area contributed by atoms with E-state index in [0.717, 1.165) is 30.2 Å². The van der Waals surface area contributed by atoms with Gasteiger partial charge in [-0.1, -0.05) is 18.1 Å². The predicted octanol–water partition coefficient (Wildman–Crippen LogP) is 3.66. The van der Waals surface area contributed by atoms with Gasteiger partial charge in [-0.3, -0.25) is 9.88 Å². The number of pyridine rings is 1. The molecular weight excluding hydrogens is 304 g/mol. The van der Waals surface area contributed by atoms with Crippen LogP contribution in [0.5, 0.6) is 0 Å². The molecule has 0 saturated carbocycles. The minimum absolute atomic E-state index is 0.382. The highest BCUT2D eigenvalue weighted by Crippen LogP contribution is 2.21. The molecule has 3 rings (SSSR count). The van der Waals surface area contributed by atoms with E-state index in [1.54, 1.807) is 6.20 Å².